The molecule has 0 aromatic carbocycles. The number of nitrogens with one attached hydrogen (secondary N) is 1. The fourth-order valence-electron chi connectivity index (χ4n) is 0.444. The van der Waals surface area contributed by atoms with Gasteiger partial charge in [0.15, 0.2) is 5.17 Å². The molecular formula is C5H9ClN2O3. The molecule has 0 aromatic heterocycles. The molecule has 0 unspecified atom stereocenters. The van der Waals surface area contributed by atoms with Gasteiger partial charge in [0.25, 0.3) is 0 Å². The SMILES string of the molecule is CC(C)(NC(=O)O)C(Cl)=NO. The molecule has 11 heavy (non-hydrogen) atoms. The minimum atomic E-state index is -1.23. The minimum absolute atomic E-state index is 0.208. The Morgan fingerprint density at radius 2 is 2.09 bits per heavy atom. The van der Waals surface area contributed by atoms with Crippen molar-refractivity contribution in [3.8, 4) is 0 Å². The molecular weight excluding hydrogens is 172 g/mol. The second-order valence-corrected chi connectivity index (χ2v) is 2.80. The second kappa shape index (κ2) is 3.43. The van der Waals surface area contributed by atoms with Crippen molar-refractivity contribution in [3.05, 3.63) is 0 Å². The van der Waals surface area contributed by atoms with Gasteiger partial charge >= 0.3 is 6.09 Å². The summed E-state index contributed by atoms with van der Waals surface area (Å²) in [6.45, 7) is 2.95. The van der Waals surface area contributed by atoms with Crippen LogP contribution in [0.5, 0.6) is 0 Å². The highest BCUT2D eigenvalue weighted by Crippen LogP contribution is 2.08. The minimum Gasteiger partial charge on any atom is -0.465 e. The lowest BCUT2D eigenvalue weighted by molar-refractivity contribution is 0.188. The summed E-state index contributed by atoms with van der Waals surface area (Å²) < 4.78 is 0. The molecule has 0 spiro atoms. The zero-order chi connectivity index (χ0) is 9.07. The first kappa shape index (κ1) is 10.0. The molecule has 64 valence electrons. The largest absolute Gasteiger partial charge is 0.465 e. The third-order valence-electron chi connectivity index (χ3n) is 1.02. The number of carbonyl (C=O) groups is 1. The van der Waals surface area contributed by atoms with Crippen molar-refractivity contribution in [1.82, 2.24) is 5.32 Å². The number of hydrogen-bond acceptors (Lipinski definition) is 3. The highest BCUT2D eigenvalue weighted by atomic mass is 35.5. The number of hydrogen-bond donors (Lipinski definition) is 3. The predicted molar refractivity (Wildman–Crippen MR) is 40.3 cm³/mol. The molecule has 0 rings (SSSR count). The van der Waals surface area contributed by atoms with Gasteiger partial charge in [-0.05, 0) is 13.8 Å². The Morgan fingerprint density at radius 3 is 2.36 bits per heavy atom. The number of halogens is 1. The Hall–Kier alpha value is -0.970. The normalized spacial score (nSPS) is 12.8. The molecule has 0 aliphatic rings. The van der Waals surface area contributed by atoms with Crippen molar-refractivity contribution >= 4 is 22.9 Å². The number of nitrogens with zero attached hydrogens (tertiary/aromatic N) is 1. The van der Waals surface area contributed by atoms with E-state index < -0.39 is 11.6 Å². The summed E-state index contributed by atoms with van der Waals surface area (Å²) in [7, 11) is 0. The van der Waals surface area contributed by atoms with E-state index in [-0.39, 0.29) is 5.17 Å². The second-order valence-electron chi connectivity index (χ2n) is 2.45. The van der Waals surface area contributed by atoms with E-state index >= 15 is 0 Å². The quantitative estimate of drug-likeness (QED) is 0.338. The molecule has 0 heterocycles. The zero-order valence-corrected chi connectivity index (χ0v) is 6.88. The Labute approximate surface area is 68.7 Å². The van der Waals surface area contributed by atoms with E-state index in [0.717, 1.165) is 0 Å². The molecule has 1 amide bonds. The predicted octanol–water partition coefficient (Wildman–Crippen LogP) is 1.06. The summed E-state index contributed by atoms with van der Waals surface area (Å²) in [6, 6.07) is 0. The maximum atomic E-state index is 10.1. The maximum Gasteiger partial charge on any atom is 0.405 e. The molecule has 0 saturated carbocycles. The van der Waals surface area contributed by atoms with E-state index in [9.17, 15) is 4.79 Å². The maximum absolute atomic E-state index is 10.1. The Kier molecular flexibility index (Phi) is 3.13. The van der Waals surface area contributed by atoms with Crippen LogP contribution in [0, 0.1) is 0 Å². The summed E-state index contributed by atoms with van der Waals surface area (Å²) in [5.74, 6) is 0. The molecule has 5 nitrogen and oxygen atoms in total. The monoisotopic (exact) mass is 180 g/mol. The van der Waals surface area contributed by atoms with Gasteiger partial charge in [0.2, 0.25) is 0 Å². The van der Waals surface area contributed by atoms with Gasteiger partial charge < -0.3 is 15.6 Å². The van der Waals surface area contributed by atoms with Crippen molar-refractivity contribution in [3.63, 3.8) is 0 Å². The van der Waals surface area contributed by atoms with Gasteiger partial charge in [-0.3, -0.25) is 0 Å². The summed E-state index contributed by atoms with van der Waals surface area (Å²) in [5.41, 5.74) is -1.05. The van der Waals surface area contributed by atoms with Gasteiger partial charge in [0.05, 0.1) is 5.54 Å². The zero-order valence-electron chi connectivity index (χ0n) is 6.13. The number of amides is 1. The van der Waals surface area contributed by atoms with E-state index in [1.807, 2.05) is 0 Å². The lowest BCUT2D eigenvalue weighted by Gasteiger charge is -2.20. The molecule has 0 bridgehead atoms. The average Bonchev–Trinajstić information content (AvgIpc) is 1.83. The Balaban J connectivity index is 4.33. The van der Waals surface area contributed by atoms with E-state index in [4.69, 9.17) is 21.9 Å². The first-order valence-electron chi connectivity index (χ1n) is 2.79. The fraction of sp³-hybridized carbons (Fsp3) is 0.600. The van der Waals surface area contributed by atoms with Crippen molar-refractivity contribution in [2.45, 2.75) is 19.4 Å². The van der Waals surface area contributed by atoms with Crippen LogP contribution in [0.4, 0.5) is 4.79 Å². The third kappa shape index (κ3) is 3.08. The van der Waals surface area contributed by atoms with Gasteiger partial charge in [0.1, 0.15) is 0 Å². The van der Waals surface area contributed by atoms with Gasteiger partial charge in [-0.15, -0.1) is 0 Å². The fourth-order valence-corrected chi connectivity index (χ4v) is 0.491. The van der Waals surface area contributed by atoms with Crippen molar-refractivity contribution in [2.75, 3.05) is 0 Å². The van der Waals surface area contributed by atoms with Crippen LogP contribution in [0.2, 0.25) is 0 Å². The van der Waals surface area contributed by atoms with Crippen molar-refractivity contribution in [1.29, 1.82) is 0 Å². The van der Waals surface area contributed by atoms with E-state index in [1.165, 1.54) is 13.8 Å². The average molecular weight is 181 g/mol. The number of rotatable bonds is 2. The summed E-state index contributed by atoms with van der Waals surface area (Å²) in [5, 5.41) is 21.0. The Bertz CT molecular complexity index is 190. The van der Waals surface area contributed by atoms with Crippen LogP contribution in [-0.2, 0) is 0 Å². The van der Waals surface area contributed by atoms with Crippen LogP contribution in [0.3, 0.4) is 0 Å². The Morgan fingerprint density at radius 1 is 1.64 bits per heavy atom. The molecule has 0 aliphatic heterocycles. The van der Waals surface area contributed by atoms with E-state index in [0.29, 0.717) is 0 Å². The van der Waals surface area contributed by atoms with Gasteiger partial charge in [-0.2, -0.15) is 0 Å². The summed E-state index contributed by atoms with van der Waals surface area (Å²) >= 11 is 5.38. The molecule has 6 heteroatoms. The van der Waals surface area contributed by atoms with Gasteiger partial charge in [0, 0.05) is 0 Å². The topological polar surface area (TPSA) is 81.9 Å². The van der Waals surface area contributed by atoms with Crippen LogP contribution in [0.15, 0.2) is 5.16 Å². The summed E-state index contributed by atoms with van der Waals surface area (Å²) in [6.07, 6.45) is -1.23. The van der Waals surface area contributed by atoms with E-state index in [1.54, 1.807) is 0 Å². The molecule has 0 radical (unpaired) electrons. The highest BCUT2D eigenvalue weighted by Gasteiger charge is 2.26. The first-order chi connectivity index (χ1) is 4.90. The lowest BCUT2D eigenvalue weighted by Crippen LogP contribution is -2.47. The van der Waals surface area contributed by atoms with Crippen LogP contribution in [-0.4, -0.2) is 27.1 Å². The van der Waals surface area contributed by atoms with Crippen LogP contribution < -0.4 is 5.32 Å². The molecule has 0 saturated heterocycles. The van der Waals surface area contributed by atoms with E-state index in [2.05, 4.69) is 10.5 Å². The van der Waals surface area contributed by atoms with Crippen molar-refractivity contribution < 1.29 is 15.1 Å². The third-order valence-corrected chi connectivity index (χ3v) is 1.57. The molecule has 0 fully saturated rings. The highest BCUT2D eigenvalue weighted by molar-refractivity contribution is 6.67. The molecule has 3 N–H and O–H groups in total. The van der Waals surface area contributed by atoms with Crippen LogP contribution in [0.25, 0.3) is 0 Å². The molecule has 0 aromatic rings. The van der Waals surface area contributed by atoms with Crippen LogP contribution in [0.1, 0.15) is 13.8 Å². The lowest BCUT2D eigenvalue weighted by atomic mass is 10.1. The van der Waals surface area contributed by atoms with Crippen molar-refractivity contribution in [2.24, 2.45) is 5.16 Å². The van der Waals surface area contributed by atoms with Gasteiger partial charge in [-0.25, -0.2) is 4.79 Å². The van der Waals surface area contributed by atoms with Crippen LogP contribution >= 0.6 is 11.6 Å². The van der Waals surface area contributed by atoms with Gasteiger partial charge in [-0.1, -0.05) is 16.8 Å². The number of oxime groups is 1. The standard InChI is InChI=1S/C5H9ClN2O3/c1-5(2,3(6)8-11)7-4(9)10/h7,11H,1-2H3,(H,9,10). The molecule has 0 aliphatic carbocycles. The number of carboxylic acid groups (broad SMARTS) is 1. The molecule has 0 atom stereocenters. The first-order valence-corrected chi connectivity index (χ1v) is 3.17. The summed E-state index contributed by atoms with van der Waals surface area (Å²) in [4.78, 5) is 10.1. The smallest absolute Gasteiger partial charge is 0.405 e.